The lowest BCUT2D eigenvalue weighted by molar-refractivity contribution is -0.384. The molecule has 2 fully saturated rings. The molecule has 2 heterocycles. The van der Waals surface area contributed by atoms with E-state index in [1.54, 1.807) is 23.1 Å². The number of nitrogens with zero attached hydrogens (tertiary/aromatic N) is 3. The number of rotatable bonds is 4. The van der Waals surface area contributed by atoms with Gasteiger partial charge in [-0.05, 0) is 36.6 Å². The van der Waals surface area contributed by atoms with E-state index in [9.17, 15) is 19.7 Å². The summed E-state index contributed by atoms with van der Waals surface area (Å²) in [4.78, 5) is 38.9. The third-order valence-corrected chi connectivity index (χ3v) is 4.93. The molecule has 0 spiro atoms. The van der Waals surface area contributed by atoms with Crippen LogP contribution in [0, 0.1) is 16.0 Å². The first kappa shape index (κ1) is 19.0. The first-order chi connectivity index (χ1) is 13.0. The number of hydrogen-bond donors (Lipinski definition) is 0. The number of nitro groups is 1. The van der Waals surface area contributed by atoms with Gasteiger partial charge in [-0.1, -0.05) is 0 Å². The van der Waals surface area contributed by atoms with E-state index in [4.69, 9.17) is 4.74 Å². The Labute approximate surface area is 157 Å². The molecule has 2 amide bonds. The Morgan fingerprint density at radius 1 is 1.11 bits per heavy atom. The number of non-ortho nitro benzene ring substituents is 1. The van der Waals surface area contributed by atoms with Gasteiger partial charge in [0.1, 0.15) is 0 Å². The maximum Gasteiger partial charge on any atom is 0.269 e. The van der Waals surface area contributed by atoms with Crippen LogP contribution >= 0.6 is 0 Å². The summed E-state index contributed by atoms with van der Waals surface area (Å²) in [6.45, 7) is 3.43. The molecule has 0 N–H and O–H groups in total. The molecule has 0 aliphatic carbocycles. The molecular formula is C19H23N3O5. The second-order valence-electron chi connectivity index (χ2n) is 6.74. The summed E-state index contributed by atoms with van der Waals surface area (Å²) in [5, 5.41) is 10.7. The predicted octanol–water partition coefficient (Wildman–Crippen LogP) is 1.71. The highest BCUT2D eigenvalue weighted by atomic mass is 16.6. The van der Waals surface area contributed by atoms with Gasteiger partial charge >= 0.3 is 0 Å². The molecule has 8 nitrogen and oxygen atoms in total. The molecule has 3 rings (SSSR count). The fourth-order valence-electron chi connectivity index (χ4n) is 3.40. The molecule has 1 unspecified atom stereocenters. The Bertz CT molecular complexity index is 725. The second kappa shape index (κ2) is 8.77. The van der Waals surface area contributed by atoms with E-state index in [1.807, 2.05) is 4.90 Å². The van der Waals surface area contributed by atoms with Gasteiger partial charge in [0, 0.05) is 44.4 Å². The number of carbonyl (C=O) groups excluding carboxylic acids is 2. The summed E-state index contributed by atoms with van der Waals surface area (Å²) >= 11 is 0. The van der Waals surface area contributed by atoms with Crippen molar-refractivity contribution in [2.45, 2.75) is 12.8 Å². The average molecular weight is 373 g/mol. The quantitative estimate of drug-likeness (QED) is 0.455. The molecule has 2 aliphatic rings. The van der Waals surface area contributed by atoms with Gasteiger partial charge in [0.15, 0.2) is 0 Å². The van der Waals surface area contributed by atoms with Crippen LogP contribution in [0.3, 0.4) is 0 Å². The van der Waals surface area contributed by atoms with Gasteiger partial charge in [-0.15, -0.1) is 0 Å². The minimum absolute atomic E-state index is 0.0129. The highest BCUT2D eigenvalue weighted by molar-refractivity contribution is 5.92. The van der Waals surface area contributed by atoms with Crippen molar-refractivity contribution in [1.29, 1.82) is 0 Å². The van der Waals surface area contributed by atoms with Gasteiger partial charge in [-0.3, -0.25) is 19.7 Å². The van der Waals surface area contributed by atoms with E-state index in [2.05, 4.69) is 0 Å². The van der Waals surface area contributed by atoms with Crippen LogP contribution < -0.4 is 0 Å². The summed E-state index contributed by atoms with van der Waals surface area (Å²) < 4.78 is 5.29. The lowest BCUT2D eigenvalue weighted by atomic mass is 9.96. The number of benzene rings is 1. The van der Waals surface area contributed by atoms with E-state index in [-0.39, 0.29) is 23.4 Å². The largest absolute Gasteiger partial charge is 0.378 e. The molecule has 2 saturated heterocycles. The minimum atomic E-state index is -0.460. The average Bonchev–Trinajstić information content (AvgIpc) is 2.72. The second-order valence-corrected chi connectivity index (χ2v) is 6.74. The summed E-state index contributed by atoms with van der Waals surface area (Å²) in [5.41, 5.74) is 0.728. The summed E-state index contributed by atoms with van der Waals surface area (Å²) in [6.07, 6.45) is 4.70. The van der Waals surface area contributed by atoms with Crippen molar-refractivity contribution in [2.24, 2.45) is 5.92 Å². The number of carbonyl (C=O) groups is 2. The highest BCUT2D eigenvalue weighted by Gasteiger charge is 2.31. The van der Waals surface area contributed by atoms with E-state index < -0.39 is 4.92 Å². The first-order valence-electron chi connectivity index (χ1n) is 9.12. The molecular weight excluding hydrogens is 350 g/mol. The summed E-state index contributed by atoms with van der Waals surface area (Å²) in [5.74, 6) is -0.198. The number of amides is 2. The van der Waals surface area contributed by atoms with Crippen molar-refractivity contribution in [3.8, 4) is 0 Å². The van der Waals surface area contributed by atoms with E-state index in [0.717, 1.165) is 12.8 Å². The standard InChI is InChI=1S/C19H23N3O5/c23-18(8-5-15-3-6-17(7-4-15)22(25)26)21-9-1-2-16(14-21)19(24)20-10-12-27-13-11-20/h3-8,16H,1-2,9-14H2/b8-5+. The third kappa shape index (κ3) is 4.91. The Morgan fingerprint density at radius 3 is 2.48 bits per heavy atom. The number of morpholine rings is 1. The van der Waals surface area contributed by atoms with Crippen LogP contribution in [0.4, 0.5) is 5.69 Å². The fourth-order valence-corrected chi connectivity index (χ4v) is 3.40. The van der Waals surface area contributed by atoms with Gasteiger partial charge in [-0.25, -0.2) is 0 Å². The molecule has 0 saturated carbocycles. The van der Waals surface area contributed by atoms with Crippen LogP contribution in [0.5, 0.6) is 0 Å². The Hall–Kier alpha value is -2.74. The maximum atomic E-state index is 12.6. The number of likely N-dealkylation sites (tertiary alicyclic amines) is 1. The van der Waals surface area contributed by atoms with Gasteiger partial charge in [-0.2, -0.15) is 0 Å². The lowest BCUT2D eigenvalue weighted by Crippen LogP contribution is -2.49. The van der Waals surface area contributed by atoms with Crippen molar-refractivity contribution < 1.29 is 19.2 Å². The Balaban J connectivity index is 1.57. The van der Waals surface area contributed by atoms with E-state index in [1.165, 1.54) is 18.2 Å². The van der Waals surface area contributed by atoms with Gasteiger partial charge < -0.3 is 14.5 Å². The van der Waals surface area contributed by atoms with Crippen molar-refractivity contribution >= 4 is 23.6 Å². The van der Waals surface area contributed by atoms with Gasteiger partial charge in [0.2, 0.25) is 11.8 Å². The van der Waals surface area contributed by atoms with Crippen molar-refractivity contribution in [1.82, 2.24) is 9.80 Å². The molecule has 2 aliphatic heterocycles. The van der Waals surface area contributed by atoms with Crippen LogP contribution in [-0.4, -0.2) is 65.9 Å². The number of hydrogen-bond acceptors (Lipinski definition) is 5. The maximum absolute atomic E-state index is 12.6. The molecule has 0 radical (unpaired) electrons. The van der Waals surface area contributed by atoms with Crippen LogP contribution in [0.25, 0.3) is 6.08 Å². The molecule has 0 aromatic heterocycles. The van der Waals surface area contributed by atoms with Crippen LogP contribution in [-0.2, 0) is 14.3 Å². The zero-order chi connectivity index (χ0) is 19.2. The molecule has 0 bridgehead atoms. The molecule has 1 atom stereocenters. The number of nitro benzene ring substituents is 1. The van der Waals surface area contributed by atoms with Crippen molar-refractivity contribution in [2.75, 3.05) is 39.4 Å². The van der Waals surface area contributed by atoms with Crippen LogP contribution in [0.15, 0.2) is 30.3 Å². The molecule has 27 heavy (non-hydrogen) atoms. The van der Waals surface area contributed by atoms with Crippen molar-refractivity contribution in [3.63, 3.8) is 0 Å². The van der Waals surface area contributed by atoms with Crippen molar-refractivity contribution in [3.05, 3.63) is 46.0 Å². The molecule has 8 heteroatoms. The summed E-state index contributed by atoms with van der Waals surface area (Å²) in [6, 6.07) is 6.01. The zero-order valence-corrected chi connectivity index (χ0v) is 15.1. The van der Waals surface area contributed by atoms with Gasteiger partial charge in [0.05, 0.1) is 24.1 Å². The first-order valence-corrected chi connectivity index (χ1v) is 9.12. The van der Waals surface area contributed by atoms with Crippen LogP contribution in [0.1, 0.15) is 18.4 Å². The SMILES string of the molecule is O=C(/C=C/c1ccc([N+](=O)[O-])cc1)N1CCCC(C(=O)N2CCOCC2)C1. The molecule has 1 aromatic rings. The topological polar surface area (TPSA) is 93.0 Å². The molecule has 144 valence electrons. The zero-order valence-electron chi connectivity index (χ0n) is 15.1. The summed E-state index contributed by atoms with van der Waals surface area (Å²) in [7, 11) is 0. The molecule has 1 aromatic carbocycles. The predicted molar refractivity (Wildman–Crippen MR) is 98.8 cm³/mol. The van der Waals surface area contributed by atoms with E-state index in [0.29, 0.717) is 45.0 Å². The highest BCUT2D eigenvalue weighted by Crippen LogP contribution is 2.20. The van der Waals surface area contributed by atoms with Gasteiger partial charge in [0.25, 0.3) is 5.69 Å². The third-order valence-electron chi connectivity index (χ3n) is 4.93. The lowest BCUT2D eigenvalue weighted by Gasteiger charge is -2.35. The fraction of sp³-hybridized carbons (Fsp3) is 0.474. The minimum Gasteiger partial charge on any atom is -0.378 e. The normalized spacial score (nSPS) is 20.7. The van der Waals surface area contributed by atoms with E-state index >= 15 is 0 Å². The number of piperidine rings is 1. The Morgan fingerprint density at radius 2 is 1.81 bits per heavy atom. The monoisotopic (exact) mass is 373 g/mol. The number of ether oxygens (including phenoxy) is 1. The Kier molecular flexibility index (Phi) is 6.18. The smallest absolute Gasteiger partial charge is 0.269 e. The van der Waals surface area contributed by atoms with Crippen LogP contribution in [0.2, 0.25) is 0 Å².